The Morgan fingerprint density at radius 3 is 2.38 bits per heavy atom. The van der Waals surface area contributed by atoms with E-state index in [4.69, 9.17) is 0 Å². The zero-order valence-electron chi connectivity index (χ0n) is 14.2. The first-order valence-corrected chi connectivity index (χ1v) is 9.56. The molecule has 26 heavy (non-hydrogen) atoms. The van der Waals surface area contributed by atoms with Crippen molar-refractivity contribution in [2.24, 2.45) is 11.8 Å². The van der Waals surface area contributed by atoms with Gasteiger partial charge in [-0.05, 0) is 29.3 Å². The van der Waals surface area contributed by atoms with E-state index in [0.717, 1.165) is 15.1 Å². The van der Waals surface area contributed by atoms with Crippen LogP contribution in [0.2, 0.25) is 0 Å². The van der Waals surface area contributed by atoms with Crippen LogP contribution in [-0.4, -0.2) is 50.0 Å². The predicted molar refractivity (Wildman–Crippen MR) is 94.0 cm³/mol. The third-order valence-corrected chi connectivity index (χ3v) is 6.49. The molecule has 0 aliphatic carbocycles. The molecule has 0 spiro atoms. The normalized spacial score (nSPS) is 21.4. The number of aliphatic carboxylic acids is 1. The fourth-order valence-corrected chi connectivity index (χ4v) is 4.81. The molecule has 2 atom stereocenters. The first-order chi connectivity index (χ1) is 12.3. The fraction of sp³-hybridized carbons (Fsp3) is 0.333. The molecule has 1 saturated heterocycles. The van der Waals surface area contributed by atoms with Gasteiger partial charge in [0.1, 0.15) is 0 Å². The Bertz CT molecular complexity index is 955. The van der Waals surface area contributed by atoms with E-state index in [1.54, 1.807) is 12.1 Å². The number of fused-ring (bicyclic) bond motifs is 1. The minimum atomic E-state index is -3.93. The van der Waals surface area contributed by atoms with Crippen LogP contribution in [0, 0.1) is 11.8 Å². The van der Waals surface area contributed by atoms with E-state index in [0.29, 0.717) is 0 Å². The SMILES string of the molecule is COC(=O)C1CC(C(=O)O)CN(S(=O)(=O)c2ccc3ccccc3c2)C1. The molecular weight excluding hydrogens is 358 g/mol. The number of nitrogens with zero attached hydrogens (tertiary/aromatic N) is 1. The number of piperidine rings is 1. The van der Waals surface area contributed by atoms with Gasteiger partial charge in [0, 0.05) is 13.1 Å². The number of ether oxygens (including phenoxy) is 1. The summed E-state index contributed by atoms with van der Waals surface area (Å²) in [6.45, 7) is -0.260. The highest BCUT2D eigenvalue weighted by Gasteiger charge is 2.40. The van der Waals surface area contributed by atoms with E-state index in [2.05, 4.69) is 4.74 Å². The van der Waals surface area contributed by atoms with Crippen molar-refractivity contribution in [2.75, 3.05) is 20.2 Å². The van der Waals surface area contributed by atoms with Crippen LogP contribution in [0.1, 0.15) is 6.42 Å². The summed E-state index contributed by atoms with van der Waals surface area (Å²) in [5, 5.41) is 11.0. The lowest BCUT2D eigenvalue weighted by Crippen LogP contribution is -2.48. The summed E-state index contributed by atoms with van der Waals surface area (Å²) in [4.78, 5) is 23.4. The quantitative estimate of drug-likeness (QED) is 0.815. The second-order valence-corrected chi connectivity index (χ2v) is 8.26. The molecule has 1 aliphatic rings. The number of carbonyl (C=O) groups is 2. The lowest BCUT2D eigenvalue weighted by atomic mass is 9.90. The third-order valence-electron chi connectivity index (χ3n) is 4.66. The zero-order chi connectivity index (χ0) is 18.9. The van der Waals surface area contributed by atoms with Crippen LogP contribution in [0.4, 0.5) is 0 Å². The van der Waals surface area contributed by atoms with Gasteiger partial charge < -0.3 is 9.84 Å². The molecule has 1 fully saturated rings. The summed E-state index contributed by atoms with van der Waals surface area (Å²) in [6, 6.07) is 12.1. The molecule has 8 heteroatoms. The molecule has 2 unspecified atom stereocenters. The standard InChI is InChI=1S/C18H19NO6S/c1-25-18(22)15-8-14(17(20)21)10-19(11-15)26(23,24)16-7-6-12-4-2-3-5-13(12)9-16/h2-7,9,14-15H,8,10-11H2,1H3,(H,20,21). The number of hydrogen-bond acceptors (Lipinski definition) is 5. The summed E-state index contributed by atoms with van der Waals surface area (Å²) >= 11 is 0. The molecule has 0 amide bonds. The molecule has 3 rings (SSSR count). The number of carboxylic acid groups (broad SMARTS) is 1. The molecule has 1 heterocycles. The number of benzene rings is 2. The van der Waals surface area contributed by atoms with Crippen LogP contribution in [0.3, 0.4) is 0 Å². The average molecular weight is 377 g/mol. The number of hydrogen-bond donors (Lipinski definition) is 1. The Balaban J connectivity index is 1.97. The highest BCUT2D eigenvalue weighted by atomic mass is 32.2. The summed E-state index contributed by atoms with van der Waals surface area (Å²) < 4.78 is 31.8. The molecule has 2 aromatic carbocycles. The minimum absolute atomic E-state index is 0.0613. The summed E-state index contributed by atoms with van der Waals surface area (Å²) in [5.41, 5.74) is 0. The van der Waals surface area contributed by atoms with E-state index in [1.807, 2.05) is 24.3 Å². The van der Waals surface area contributed by atoms with Gasteiger partial charge in [0.25, 0.3) is 0 Å². The van der Waals surface area contributed by atoms with Gasteiger partial charge in [-0.25, -0.2) is 8.42 Å². The lowest BCUT2D eigenvalue weighted by Gasteiger charge is -2.34. The highest BCUT2D eigenvalue weighted by molar-refractivity contribution is 7.89. The third kappa shape index (κ3) is 3.42. The Kier molecular flexibility index (Phi) is 4.97. The average Bonchev–Trinajstić information content (AvgIpc) is 2.66. The molecule has 138 valence electrons. The fourth-order valence-electron chi connectivity index (χ4n) is 3.25. The van der Waals surface area contributed by atoms with Gasteiger partial charge in [0.05, 0.1) is 23.8 Å². The molecule has 1 N–H and O–H groups in total. The minimum Gasteiger partial charge on any atom is -0.481 e. The maximum atomic E-state index is 13.0. The van der Waals surface area contributed by atoms with Gasteiger partial charge in [-0.15, -0.1) is 0 Å². The van der Waals surface area contributed by atoms with Gasteiger partial charge in [0.2, 0.25) is 10.0 Å². The number of methoxy groups -OCH3 is 1. The number of sulfonamides is 1. The molecule has 0 radical (unpaired) electrons. The van der Waals surface area contributed by atoms with Crippen LogP contribution in [-0.2, 0) is 24.3 Å². The molecule has 0 aromatic heterocycles. The maximum absolute atomic E-state index is 13.0. The Hall–Kier alpha value is -2.45. The Labute approximate surface area is 151 Å². The summed E-state index contributed by atoms with van der Waals surface area (Å²) in [6.07, 6.45) is 0.0613. The molecule has 1 aliphatic heterocycles. The van der Waals surface area contributed by atoms with Crippen molar-refractivity contribution >= 4 is 32.7 Å². The van der Waals surface area contributed by atoms with Crippen molar-refractivity contribution in [1.82, 2.24) is 4.31 Å². The smallest absolute Gasteiger partial charge is 0.310 e. The van der Waals surface area contributed by atoms with Crippen LogP contribution >= 0.6 is 0 Å². The molecule has 0 bridgehead atoms. The van der Waals surface area contributed by atoms with Gasteiger partial charge in [-0.1, -0.05) is 30.3 Å². The Morgan fingerprint density at radius 1 is 1.08 bits per heavy atom. The van der Waals surface area contributed by atoms with Gasteiger partial charge in [-0.2, -0.15) is 4.31 Å². The van der Waals surface area contributed by atoms with Crippen molar-refractivity contribution in [1.29, 1.82) is 0 Å². The van der Waals surface area contributed by atoms with E-state index in [-0.39, 0.29) is 24.4 Å². The monoisotopic (exact) mass is 377 g/mol. The molecule has 0 saturated carbocycles. The second-order valence-electron chi connectivity index (χ2n) is 6.32. The first-order valence-electron chi connectivity index (χ1n) is 8.12. The van der Waals surface area contributed by atoms with Gasteiger partial charge >= 0.3 is 11.9 Å². The highest BCUT2D eigenvalue weighted by Crippen LogP contribution is 2.29. The van der Waals surface area contributed by atoms with Crippen LogP contribution in [0.25, 0.3) is 10.8 Å². The van der Waals surface area contributed by atoms with Crippen molar-refractivity contribution in [3.05, 3.63) is 42.5 Å². The molecule has 2 aromatic rings. The number of rotatable bonds is 4. The van der Waals surface area contributed by atoms with E-state index in [9.17, 15) is 23.1 Å². The number of carboxylic acids is 1. The molecule has 7 nitrogen and oxygen atoms in total. The number of esters is 1. The summed E-state index contributed by atoms with van der Waals surface area (Å²) in [5.74, 6) is -3.49. The van der Waals surface area contributed by atoms with E-state index in [1.165, 1.54) is 13.2 Å². The van der Waals surface area contributed by atoms with Crippen molar-refractivity contribution in [3.8, 4) is 0 Å². The molecular formula is C18H19NO6S. The first kappa shape index (κ1) is 18.3. The van der Waals surface area contributed by atoms with Crippen LogP contribution in [0.5, 0.6) is 0 Å². The maximum Gasteiger partial charge on any atom is 0.310 e. The van der Waals surface area contributed by atoms with Crippen LogP contribution < -0.4 is 0 Å². The van der Waals surface area contributed by atoms with E-state index >= 15 is 0 Å². The zero-order valence-corrected chi connectivity index (χ0v) is 15.0. The Morgan fingerprint density at radius 2 is 1.73 bits per heavy atom. The van der Waals surface area contributed by atoms with Gasteiger partial charge in [0.15, 0.2) is 0 Å². The van der Waals surface area contributed by atoms with Crippen molar-refractivity contribution < 1.29 is 27.9 Å². The van der Waals surface area contributed by atoms with Crippen LogP contribution in [0.15, 0.2) is 47.4 Å². The van der Waals surface area contributed by atoms with Gasteiger partial charge in [-0.3, -0.25) is 9.59 Å². The van der Waals surface area contributed by atoms with Crippen molar-refractivity contribution in [3.63, 3.8) is 0 Å². The number of carbonyl (C=O) groups excluding carboxylic acids is 1. The predicted octanol–water partition coefficient (Wildman–Crippen LogP) is 1.72. The van der Waals surface area contributed by atoms with E-state index < -0.39 is 33.8 Å². The second kappa shape index (κ2) is 7.05. The van der Waals surface area contributed by atoms with Crippen molar-refractivity contribution in [2.45, 2.75) is 11.3 Å². The largest absolute Gasteiger partial charge is 0.481 e. The topological polar surface area (TPSA) is 101 Å². The lowest BCUT2D eigenvalue weighted by molar-refractivity contribution is -0.150. The summed E-state index contributed by atoms with van der Waals surface area (Å²) in [7, 11) is -2.73.